The third-order valence-corrected chi connectivity index (χ3v) is 6.16. The molecular formula is C21H27FN2O5S. The summed E-state index contributed by atoms with van der Waals surface area (Å²) in [6.45, 7) is 4.04. The molecule has 2 aromatic rings. The molecule has 0 saturated heterocycles. The minimum Gasteiger partial charge on any atom is -0.493 e. The van der Waals surface area contributed by atoms with Gasteiger partial charge in [0.15, 0.2) is 11.5 Å². The van der Waals surface area contributed by atoms with Crippen LogP contribution in [0.5, 0.6) is 11.5 Å². The number of carbonyl (C=O) groups excluding carboxylic acids is 1. The van der Waals surface area contributed by atoms with E-state index in [-0.39, 0.29) is 16.3 Å². The summed E-state index contributed by atoms with van der Waals surface area (Å²) in [6.07, 6.45) is 0.769. The number of benzene rings is 2. The van der Waals surface area contributed by atoms with Gasteiger partial charge in [-0.05, 0) is 48.7 Å². The lowest BCUT2D eigenvalue weighted by atomic mass is 10.1. The minimum absolute atomic E-state index is 0.0838. The molecule has 1 amide bonds. The van der Waals surface area contributed by atoms with Crippen molar-refractivity contribution in [1.82, 2.24) is 5.32 Å². The molecular weight excluding hydrogens is 411 g/mol. The highest BCUT2D eigenvalue weighted by Crippen LogP contribution is 2.32. The van der Waals surface area contributed by atoms with Crippen LogP contribution in [0.15, 0.2) is 47.4 Å². The SMILES string of the molecule is COc1ccc(S(=O)(=O)N(CC(=O)NCCC(C)C)c2ccc(F)cc2)cc1OC. The van der Waals surface area contributed by atoms with Gasteiger partial charge >= 0.3 is 0 Å². The lowest BCUT2D eigenvalue weighted by Crippen LogP contribution is -2.41. The molecule has 0 heterocycles. The molecule has 164 valence electrons. The largest absolute Gasteiger partial charge is 0.493 e. The topological polar surface area (TPSA) is 84.9 Å². The van der Waals surface area contributed by atoms with E-state index in [1.807, 2.05) is 13.8 Å². The molecule has 0 aliphatic carbocycles. The molecule has 2 rings (SSSR count). The maximum Gasteiger partial charge on any atom is 0.264 e. The van der Waals surface area contributed by atoms with Crippen molar-refractivity contribution < 1.29 is 27.1 Å². The molecule has 2 aromatic carbocycles. The van der Waals surface area contributed by atoms with E-state index in [1.54, 1.807) is 0 Å². The zero-order valence-corrected chi connectivity index (χ0v) is 18.3. The lowest BCUT2D eigenvalue weighted by Gasteiger charge is -2.24. The van der Waals surface area contributed by atoms with Crippen LogP contribution in [0.1, 0.15) is 20.3 Å². The number of methoxy groups -OCH3 is 2. The van der Waals surface area contributed by atoms with E-state index >= 15 is 0 Å². The zero-order valence-electron chi connectivity index (χ0n) is 17.5. The first-order valence-corrected chi connectivity index (χ1v) is 10.9. The number of nitrogens with zero attached hydrogens (tertiary/aromatic N) is 1. The zero-order chi connectivity index (χ0) is 22.3. The number of nitrogens with one attached hydrogen (secondary N) is 1. The Morgan fingerprint density at radius 2 is 1.70 bits per heavy atom. The highest BCUT2D eigenvalue weighted by Gasteiger charge is 2.28. The average Bonchev–Trinajstić information content (AvgIpc) is 2.71. The van der Waals surface area contributed by atoms with Crippen LogP contribution in [0.4, 0.5) is 10.1 Å². The third kappa shape index (κ3) is 5.85. The van der Waals surface area contributed by atoms with E-state index in [0.717, 1.165) is 22.9 Å². The fourth-order valence-electron chi connectivity index (χ4n) is 2.71. The Balaban J connectivity index is 2.39. The first-order valence-electron chi connectivity index (χ1n) is 9.46. The first kappa shape index (κ1) is 23.5. The van der Waals surface area contributed by atoms with Gasteiger partial charge in [0.05, 0.1) is 24.8 Å². The molecule has 0 saturated carbocycles. The van der Waals surface area contributed by atoms with Crippen LogP contribution < -0.4 is 19.1 Å². The quantitative estimate of drug-likeness (QED) is 0.616. The molecule has 0 radical (unpaired) electrons. The van der Waals surface area contributed by atoms with Crippen molar-refractivity contribution in [1.29, 1.82) is 0 Å². The summed E-state index contributed by atoms with van der Waals surface area (Å²) in [7, 11) is -1.31. The Morgan fingerprint density at radius 1 is 1.07 bits per heavy atom. The Bertz CT molecular complexity index is 962. The van der Waals surface area contributed by atoms with Gasteiger partial charge in [-0.1, -0.05) is 13.8 Å². The third-order valence-electron chi connectivity index (χ3n) is 4.39. The smallest absolute Gasteiger partial charge is 0.264 e. The first-order chi connectivity index (χ1) is 14.2. The molecule has 0 unspecified atom stereocenters. The van der Waals surface area contributed by atoms with Gasteiger partial charge in [-0.15, -0.1) is 0 Å². The predicted octanol–water partition coefficient (Wildman–Crippen LogP) is 3.20. The lowest BCUT2D eigenvalue weighted by molar-refractivity contribution is -0.119. The molecule has 9 heteroatoms. The summed E-state index contributed by atoms with van der Waals surface area (Å²) >= 11 is 0. The van der Waals surface area contributed by atoms with Gasteiger partial charge in [-0.2, -0.15) is 0 Å². The fourth-order valence-corrected chi connectivity index (χ4v) is 4.15. The number of ether oxygens (including phenoxy) is 2. The van der Waals surface area contributed by atoms with Gasteiger partial charge in [0.1, 0.15) is 12.4 Å². The van der Waals surface area contributed by atoms with E-state index in [9.17, 15) is 17.6 Å². The van der Waals surface area contributed by atoms with Crippen molar-refractivity contribution >= 4 is 21.6 Å². The summed E-state index contributed by atoms with van der Waals surface area (Å²) in [5.41, 5.74) is 0.171. The van der Waals surface area contributed by atoms with Crippen LogP contribution >= 0.6 is 0 Å². The number of anilines is 1. The van der Waals surface area contributed by atoms with Crippen LogP contribution in [0.25, 0.3) is 0 Å². The fraction of sp³-hybridized carbons (Fsp3) is 0.381. The molecule has 0 aliphatic heterocycles. The highest BCUT2D eigenvalue weighted by molar-refractivity contribution is 7.92. The summed E-state index contributed by atoms with van der Waals surface area (Å²) in [5, 5.41) is 2.73. The van der Waals surface area contributed by atoms with Crippen LogP contribution in [0.3, 0.4) is 0 Å². The van der Waals surface area contributed by atoms with Crippen molar-refractivity contribution in [3.05, 3.63) is 48.3 Å². The Kier molecular flexibility index (Phi) is 8.05. The van der Waals surface area contributed by atoms with Gasteiger partial charge in [-0.25, -0.2) is 12.8 Å². The highest BCUT2D eigenvalue weighted by atomic mass is 32.2. The monoisotopic (exact) mass is 438 g/mol. The van der Waals surface area contributed by atoms with E-state index in [0.29, 0.717) is 18.2 Å². The second-order valence-electron chi connectivity index (χ2n) is 7.04. The van der Waals surface area contributed by atoms with Crippen molar-refractivity contribution in [2.75, 3.05) is 31.6 Å². The van der Waals surface area contributed by atoms with Crippen LogP contribution in [-0.2, 0) is 14.8 Å². The minimum atomic E-state index is -4.15. The van der Waals surface area contributed by atoms with Crippen LogP contribution in [-0.4, -0.2) is 41.6 Å². The van der Waals surface area contributed by atoms with Gasteiger partial charge in [-0.3, -0.25) is 9.10 Å². The molecule has 0 aliphatic rings. The predicted molar refractivity (Wildman–Crippen MR) is 113 cm³/mol. The second-order valence-corrected chi connectivity index (χ2v) is 8.90. The van der Waals surface area contributed by atoms with Crippen LogP contribution in [0, 0.1) is 11.7 Å². The van der Waals surface area contributed by atoms with Gasteiger partial charge in [0, 0.05) is 12.6 Å². The molecule has 0 aromatic heterocycles. The number of sulfonamides is 1. The molecule has 0 fully saturated rings. The van der Waals surface area contributed by atoms with Gasteiger partial charge in [0.25, 0.3) is 10.0 Å². The Morgan fingerprint density at radius 3 is 2.27 bits per heavy atom. The second kappa shape index (κ2) is 10.3. The van der Waals surface area contributed by atoms with Crippen molar-refractivity contribution in [3.8, 4) is 11.5 Å². The molecule has 30 heavy (non-hydrogen) atoms. The number of amides is 1. The summed E-state index contributed by atoms with van der Waals surface area (Å²) in [6, 6.07) is 9.07. The molecule has 1 N–H and O–H groups in total. The number of hydrogen-bond donors (Lipinski definition) is 1. The molecule has 0 bridgehead atoms. The number of carbonyl (C=O) groups is 1. The molecule has 0 spiro atoms. The Hall–Kier alpha value is -2.81. The van der Waals surface area contributed by atoms with Crippen molar-refractivity contribution in [2.45, 2.75) is 25.2 Å². The standard InChI is InChI=1S/C21H27FN2O5S/c1-15(2)11-12-23-21(25)14-24(17-7-5-16(22)6-8-17)30(26,27)18-9-10-19(28-3)20(13-18)29-4/h5-10,13,15H,11-12,14H2,1-4H3,(H,23,25). The maximum atomic E-state index is 13.4. The molecule has 7 nitrogen and oxygen atoms in total. The average molecular weight is 439 g/mol. The summed E-state index contributed by atoms with van der Waals surface area (Å²) < 4.78 is 51.4. The molecule has 0 atom stereocenters. The van der Waals surface area contributed by atoms with Gasteiger partial charge in [0.2, 0.25) is 5.91 Å². The van der Waals surface area contributed by atoms with Crippen molar-refractivity contribution in [2.24, 2.45) is 5.92 Å². The summed E-state index contributed by atoms with van der Waals surface area (Å²) in [5.74, 6) is 0.0388. The van der Waals surface area contributed by atoms with E-state index in [4.69, 9.17) is 9.47 Å². The van der Waals surface area contributed by atoms with E-state index < -0.39 is 28.3 Å². The van der Waals surface area contributed by atoms with E-state index in [2.05, 4.69) is 5.32 Å². The van der Waals surface area contributed by atoms with Crippen LogP contribution in [0.2, 0.25) is 0 Å². The van der Waals surface area contributed by atoms with E-state index in [1.165, 1.54) is 44.6 Å². The number of hydrogen-bond acceptors (Lipinski definition) is 5. The van der Waals surface area contributed by atoms with Gasteiger partial charge < -0.3 is 14.8 Å². The maximum absolute atomic E-state index is 13.4. The number of rotatable bonds is 10. The Labute approximate surface area is 176 Å². The normalized spacial score (nSPS) is 11.3. The summed E-state index contributed by atoms with van der Waals surface area (Å²) in [4.78, 5) is 12.4. The van der Waals surface area contributed by atoms with Crippen molar-refractivity contribution in [3.63, 3.8) is 0 Å². The number of halogens is 1.